The van der Waals surface area contributed by atoms with Crippen molar-refractivity contribution in [2.24, 2.45) is 11.8 Å². The van der Waals surface area contributed by atoms with Crippen LogP contribution >= 0.6 is 0 Å². The van der Waals surface area contributed by atoms with Crippen molar-refractivity contribution in [2.75, 3.05) is 71.3 Å². The number of benzene rings is 1. The van der Waals surface area contributed by atoms with Gasteiger partial charge < -0.3 is 34.9 Å². The lowest BCUT2D eigenvalue weighted by Gasteiger charge is -2.23. The molecule has 0 saturated heterocycles. The second kappa shape index (κ2) is 23.4. The van der Waals surface area contributed by atoms with Gasteiger partial charge in [-0.3, -0.25) is 33.7 Å². The molecular formula is C35H52N4O10. The Hall–Kier alpha value is -3.98. The van der Waals surface area contributed by atoms with Crippen molar-refractivity contribution in [1.29, 1.82) is 0 Å². The summed E-state index contributed by atoms with van der Waals surface area (Å²) in [5, 5.41) is 8.30. The van der Waals surface area contributed by atoms with Gasteiger partial charge in [0.2, 0.25) is 17.7 Å². The number of Topliss-reactive ketones (excluding diaryl/α,β-unsaturated/α-hetero) is 1. The number of imide groups is 1. The first-order chi connectivity index (χ1) is 23.5. The first-order valence-electron chi connectivity index (χ1n) is 16.8. The summed E-state index contributed by atoms with van der Waals surface area (Å²) in [6.07, 6.45) is 3.40. The van der Waals surface area contributed by atoms with Gasteiger partial charge in [0.25, 0.3) is 11.8 Å². The van der Waals surface area contributed by atoms with E-state index in [0.717, 1.165) is 11.3 Å². The maximum Gasteiger partial charge on any atom is 0.253 e. The van der Waals surface area contributed by atoms with Gasteiger partial charge >= 0.3 is 0 Å². The SMILES string of the molecule is CCc1ccc(NC(=O)[C@H](C)CC(=O)[C@@H](NC(=O)CCOCCOCCOCCOCCNC(=O)CCN2C(=O)C=CC2=O)C(C)C)cc1. The van der Waals surface area contributed by atoms with Crippen LogP contribution in [0.3, 0.4) is 0 Å². The Labute approximate surface area is 288 Å². The molecule has 0 aromatic heterocycles. The minimum absolute atomic E-state index is 0.0148. The zero-order valence-corrected chi connectivity index (χ0v) is 29.1. The number of rotatable bonds is 26. The van der Waals surface area contributed by atoms with Crippen molar-refractivity contribution < 1.29 is 47.7 Å². The van der Waals surface area contributed by atoms with Crippen molar-refractivity contribution >= 4 is 41.0 Å². The third-order valence-electron chi connectivity index (χ3n) is 7.54. The van der Waals surface area contributed by atoms with Gasteiger partial charge in [-0.05, 0) is 30.0 Å². The minimum atomic E-state index is -0.697. The number of nitrogens with zero attached hydrogens (tertiary/aromatic N) is 1. The van der Waals surface area contributed by atoms with E-state index in [2.05, 4.69) is 22.9 Å². The molecule has 3 N–H and O–H groups in total. The smallest absolute Gasteiger partial charge is 0.253 e. The molecule has 0 unspecified atom stereocenters. The van der Waals surface area contributed by atoms with E-state index in [-0.39, 0.29) is 61.8 Å². The van der Waals surface area contributed by atoms with E-state index in [1.54, 1.807) is 6.92 Å². The number of aryl methyl sites for hydroxylation is 1. The molecule has 0 aliphatic carbocycles. The maximum atomic E-state index is 13.0. The van der Waals surface area contributed by atoms with E-state index in [0.29, 0.717) is 58.5 Å². The van der Waals surface area contributed by atoms with E-state index < -0.39 is 23.8 Å². The first kappa shape index (κ1) is 41.2. The lowest BCUT2D eigenvalue weighted by atomic mass is 9.92. The molecule has 0 fully saturated rings. The van der Waals surface area contributed by atoms with E-state index in [1.807, 2.05) is 38.1 Å². The van der Waals surface area contributed by atoms with Gasteiger partial charge in [-0.1, -0.05) is 39.8 Å². The molecule has 1 heterocycles. The Morgan fingerprint density at radius 2 is 1.29 bits per heavy atom. The van der Waals surface area contributed by atoms with E-state index in [4.69, 9.17) is 18.9 Å². The molecule has 272 valence electrons. The van der Waals surface area contributed by atoms with Crippen molar-refractivity contribution in [2.45, 2.75) is 59.4 Å². The van der Waals surface area contributed by atoms with Gasteiger partial charge in [-0.25, -0.2) is 0 Å². The van der Waals surface area contributed by atoms with Crippen molar-refractivity contribution in [3.63, 3.8) is 0 Å². The van der Waals surface area contributed by atoms with Crippen LogP contribution in [0.25, 0.3) is 0 Å². The normalized spacial score (nSPS) is 13.9. The van der Waals surface area contributed by atoms with E-state index in [1.165, 1.54) is 17.7 Å². The molecule has 1 aromatic carbocycles. The van der Waals surface area contributed by atoms with Crippen LogP contribution < -0.4 is 16.0 Å². The lowest BCUT2D eigenvalue weighted by molar-refractivity contribution is -0.137. The van der Waals surface area contributed by atoms with Gasteiger partial charge in [0.15, 0.2) is 5.78 Å². The number of anilines is 1. The van der Waals surface area contributed by atoms with Gasteiger partial charge in [0.05, 0.1) is 58.9 Å². The van der Waals surface area contributed by atoms with Crippen LogP contribution in [0.2, 0.25) is 0 Å². The van der Waals surface area contributed by atoms with Gasteiger partial charge in [-0.15, -0.1) is 0 Å². The number of ketones is 1. The molecule has 0 radical (unpaired) electrons. The summed E-state index contributed by atoms with van der Waals surface area (Å²) in [5.74, 6) is -2.53. The Kier molecular flexibility index (Phi) is 19.7. The Balaban J connectivity index is 1.44. The molecule has 14 heteroatoms. The summed E-state index contributed by atoms with van der Waals surface area (Å²) < 4.78 is 21.7. The fourth-order valence-corrected chi connectivity index (χ4v) is 4.62. The van der Waals surface area contributed by atoms with Crippen LogP contribution in [0.5, 0.6) is 0 Å². The quantitative estimate of drug-likeness (QED) is 0.0961. The van der Waals surface area contributed by atoms with Crippen LogP contribution in [0.4, 0.5) is 5.69 Å². The maximum absolute atomic E-state index is 13.0. The molecular weight excluding hydrogens is 636 g/mol. The predicted molar refractivity (Wildman–Crippen MR) is 181 cm³/mol. The molecule has 1 aliphatic heterocycles. The summed E-state index contributed by atoms with van der Waals surface area (Å²) in [5.41, 5.74) is 1.85. The zero-order valence-electron chi connectivity index (χ0n) is 29.1. The molecule has 0 spiro atoms. The minimum Gasteiger partial charge on any atom is -0.379 e. The highest BCUT2D eigenvalue weighted by Gasteiger charge is 2.27. The van der Waals surface area contributed by atoms with Crippen molar-refractivity contribution in [3.8, 4) is 0 Å². The van der Waals surface area contributed by atoms with E-state index >= 15 is 0 Å². The highest BCUT2D eigenvalue weighted by Crippen LogP contribution is 2.15. The third-order valence-corrected chi connectivity index (χ3v) is 7.54. The Bertz CT molecular complexity index is 1230. The fraction of sp³-hybridized carbons (Fsp3) is 0.600. The molecule has 1 aromatic rings. The molecule has 49 heavy (non-hydrogen) atoms. The Morgan fingerprint density at radius 3 is 1.84 bits per heavy atom. The second-order valence-electron chi connectivity index (χ2n) is 11.9. The summed E-state index contributed by atoms with van der Waals surface area (Å²) in [6, 6.07) is 6.89. The summed E-state index contributed by atoms with van der Waals surface area (Å²) in [6.45, 7) is 10.3. The molecule has 0 bridgehead atoms. The Morgan fingerprint density at radius 1 is 0.735 bits per heavy atom. The molecule has 14 nitrogen and oxygen atoms in total. The molecule has 2 atom stereocenters. The lowest BCUT2D eigenvalue weighted by Crippen LogP contribution is -2.45. The van der Waals surface area contributed by atoms with Crippen molar-refractivity contribution in [1.82, 2.24) is 15.5 Å². The van der Waals surface area contributed by atoms with Crippen LogP contribution in [-0.2, 0) is 54.1 Å². The van der Waals surface area contributed by atoms with Gasteiger partial charge in [-0.2, -0.15) is 0 Å². The number of carbonyl (C=O) groups excluding carboxylic acids is 6. The number of hydrogen-bond acceptors (Lipinski definition) is 10. The van der Waals surface area contributed by atoms with Crippen LogP contribution in [0.15, 0.2) is 36.4 Å². The van der Waals surface area contributed by atoms with Crippen molar-refractivity contribution in [3.05, 3.63) is 42.0 Å². The van der Waals surface area contributed by atoms with E-state index in [9.17, 15) is 28.8 Å². The molecule has 5 amide bonds. The third kappa shape index (κ3) is 16.8. The zero-order chi connectivity index (χ0) is 36.0. The largest absolute Gasteiger partial charge is 0.379 e. The molecule has 1 aliphatic rings. The van der Waals surface area contributed by atoms with Gasteiger partial charge in [0.1, 0.15) is 0 Å². The number of carbonyl (C=O) groups is 6. The summed E-state index contributed by atoms with van der Waals surface area (Å²) in [7, 11) is 0. The van der Waals surface area contributed by atoms with Crippen LogP contribution in [0.1, 0.15) is 52.5 Å². The predicted octanol–water partition coefficient (Wildman–Crippen LogP) is 1.81. The molecule has 2 rings (SSSR count). The van der Waals surface area contributed by atoms with Gasteiger partial charge in [0, 0.05) is 56.1 Å². The molecule has 0 saturated carbocycles. The summed E-state index contributed by atoms with van der Waals surface area (Å²) in [4.78, 5) is 73.9. The standard InChI is InChI=1S/C35H52N4O10/c1-5-27-6-8-28(9-7-27)37-35(45)26(4)24-29(40)34(25(2)3)38-31(42)13-16-46-18-20-48-22-23-49-21-19-47-17-14-36-30(41)12-15-39-32(43)10-11-33(39)44/h6-11,25-26,34H,5,12-24H2,1-4H3,(H,36,41)(H,37,45)(H,38,42)/t26-,34+/m1/s1. The summed E-state index contributed by atoms with van der Waals surface area (Å²) >= 11 is 0. The highest BCUT2D eigenvalue weighted by atomic mass is 16.6. The second-order valence-corrected chi connectivity index (χ2v) is 11.9. The average molecular weight is 689 g/mol. The first-order valence-corrected chi connectivity index (χ1v) is 16.8. The number of nitrogens with one attached hydrogen (secondary N) is 3. The highest BCUT2D eigenvalue weighted by molar-refractivity contribution is 6.13. The number of amides is 5. The van der Waals surface area contributed by atoms with Crippen LogP contribution in [-0.4, -0.2) is 112 Å². The van der Waals surface area contributed by atoms with Crippen LogP contribution in [0, 0.1) is 11.8 Å². The monoisotopic (exact) mass is 688 g/mol. The number of ether oxygens (including phenoxy) is 4. The fourth-order valence-electron chi connectivity index (χ4n) is 4.62. The number of hydrogen-bond donors (Lipinski definition) is 3. The topological polar surface area (TPSA) is 179 Å². The average Bonchev–Trinajstić information content (AvgIpc) is 3.40.